The van der Waals surface area contributed by atoms with E-state index in [4.69, 9.17) is 0 Å². The summed E-state index contributed by atoms with van der Waals surface area (Å²) in [5, 5.41) is 5.05. The Morgan fingerprint density at radius 3 is 2.59 bits per heavy atom. The maximum atomic E-state index is 13.7. The third kappa shape index (κ3) is 3.14. The second-order valence-electron chi connectivity index (χ2n) is 7.47. The molecule has 1 aromatic carbocycles. The molecule has 1 fully saturated rings. The highest BCUT2D eigenvalue weighted by Gasteiger charge is 2.45. The van der Waals surface area contributed by atoms with E-state index in [2.05, 4.69) is 19.4 Å². The van der Waals surface area contributed by atoms with Crippen LogP contribution in [0.15, 0.2) is 52.4 Å². The van der Waals surface area contributed by atoms with Crippen LogP contribution in [0, 0.1) is 5.41 Å². The van der Waals surface area contributed by atoms with Crippen LogP contribution in [0.5, 0.6) is 0 Å². The van der Waals surface area contributed by atoms with Crippen LogP contribution in [0.3, 0.4) is 0 Å². The minimum atomic E-state index is -2.86. The van der Waals surface area contributed by atoms with Gasteiger partial charge >= 0.3 is 0 Å². The van der Waals surface area contributed by atoms with Crippen molar-refractivity contribution in [3.63, 3.8) is 0 Å². The van der Waals surface area contributed by atoms with E-state index in [-0.39, 0.29) is 11.2 Å². The van der Waals surface area contributed by atoms with E-state index in [1.807, 2.05) is 39.1 Å². The molecule has 0 N–H and O–H groups in total. The monoisotopic (exact) mass is 383 g/mol. The molecule has 8 heteroatoms. The predicted octanol–water partition coefficient (Wildman–Crippen LogP) is 3.38. The Labute approximate surface area is 158 Å². The number of rotatable bonds is 4. The molecule has 2 aromatic heterocycles. The van der Waals surface area contributed by atoms with Crippen LogP contribution in [0.4, 0.5) is 0 Å². The molecule has 1 aliphatic carbocycles. The summed E-state index contributed by atoms with van der Waals surface area (Å²) >= 11 is 0. The predicted molar refractivity (Wildman–Crippen MR) is 103 cm³/mol. The quantitative estimate of drug-likeness (QED) is 0.689. The molecule has 0 saturated heterocycles. The van der Waals surface area contributed by atoms with Gasteiger partial charge in [-0.05, 0) is 44.9 Å². The molecular formula is C19H21N5O2S. The maximum absolute atomic E-state index is 13.7. The average Bonchev–Trinajstić information content (AvgIpc) is 3.27. The van der Waals surface area contributed by atoms with Crippen molar-refractivity contribution >= 4 is 26.5 Å². The van der Waals surface area contributed by atoms with Gasteiger partial charge in [0, 0.05) is 27.1 Å². The smallest absolute Gasteiger partial charge is 0.259 e. The summed E-state index contributed by atoms with van der Waals surface area (Å²) in [4.78, 5) is 21.1. The minimum absolute atomic E-state index is 0.251. The summed E-state index contributed by atoms with van der Waals surface area (Å²) < 4.78 is 19.6. The SMILES string of the molecule is CC(C)S(=O)(=NC(=O)C1(C)CC1)c1ccc2nn(-c3cncnc3)cc2c1. The highest BCUT2D eigenvalue weighted by atomic mass is 32.2. The van der Waals surface area contributed by atoms with Crippen LogP contribution < -0.4 is 0 Å². The zero-order valence-electron chi connectivity index (χ0n) is 15.5. The Balaban J connectivity index is 1.81. The number of carbonyl (C=O) groups excluding carboxylic acids is 1. The van der Waals surface area contributed by atoms with Crippen LogP contribution >= 0.6 is 0 Å². The van der Waals surface area contributed by atoms with Gasteiger partial charge in [0.05, 0.1) is 27.6 Å². The lowest BCUT2D eigenvalue weighted by molar-refractivity contribution is -0.122. The van der Waals surface area contributed by atoms with Gasteiger partial charge in [0.1, 0.15) is 12.0 Å². The highest BCUT2D eigenvalue weighted by Crippen LogP contribution is 2.46. The fourth-order valence-corrected chi connectivity index (χ4v) is 4.68. The van der Waals surface area contributed by atoms with E-state index >= 15 is 0 Å². The van der Waals surface area contributed by atoms with Crippen LogP contribution in [0.2, 0.25) is 0 Å². The van der Waals surface area contributed by atoms with Crippen molar-refractivity contribution in [1.29, 1.82) is 0 Å². The van der Waals surface area contributed by atoms with Crippen LogP contribution in [-0.2, 0) is 14.5 Å². The first-order chi connectivity index (χ1) is 12.8. The summed E-state index contributed by atoms with van der Waals surface area (Å²) in [7, 11) is -2.86. The Kier molecular flexibility index (Phi) is 4.10. The van der Waals surface area contributed by atoms with E-state index in [9.17, 15) is 9.00 Å². The van der Waals surface area contributed by atoms with Gasteiger partial charge in [-0.3, -0.25) is 4.79 Å². The summed E-state index contributed by atoms with van der Waals surface area (Å²) in [5.41, 5.74) is 1.06. The average molecular weight is 383 g/mol. The molecule has 1 aliphatic rings. The maximum Gasteiger partial charge on any atom is 0.259 e. The van der Waals surface area contributed by atoms with E-state index in [0.717, 1.165) is 29.4 Å². The van der Waals surface area contributed by atoms with Crippen molar-refractivity contribution in [1.82, 2.24) is 19.7 Å². The number of hydrogen-bond acceptors (Lipinski definition) is 5. The second kappa shape index (κ2) is 6.23. The van der Waals surface area contributed by atoms with Crippen molar-refractivity contribution in [2.45, 2.75) is 43.8 Å². The highest BCUT2D eigenvalue weighted by molar-refractivity contribution is 7.94. The fraction of sp³-hybridized carbons (Fsp3) is 0.368. The molecule has 4 rings (SSSR count). The number of benzene rings is 1. The molecule has 140 valence electrons. The third-order valence-corrected chi connectivity index (χ3v) is 7.64. The lowest BCUT2D eigenvalue weighted by Crippen LogP contribution is -2.19. The molecule has 0 radical (unpaired) electrons. The van der Waals surface area contributed by atoms with Crippen molar-refractivity contribution < 1.29 is 9.00 Å². The number of fused-ring (bicyclic) bond motifs is 1. The van der Waals surface area contributed by atoms with Crippen LogP contribution in [0.1, 0.15) is 33.6 Å². The molecule has 0 aliphatic heterocycles. The van der Waals surface area contributed by atoms with Gasteiger partial charge in [-0.2, -0.15) is 9.46 Å². The number of amides is 1. The fourth-order valence-electron chi connectivity index (χ4n) is 2.79. The first kappa shape index (κ1) is 17.8. The van der Waals surface area contributed by atoms with E-state index in [1.54, 1.807) is 23.1 Å². The Morgan fingerprint density at radius 1 is 1.26 bits per heavy atom. The standard InChI is InChI=1S/C19H21N5O2S/c1-13(2)27(26,23-18(25)19(3)6-7-19)16-4-5-17-14(8-16)11-24(22-17)15-9-20-12-21-10-15/h4-5,8-13H,6-7H2,1-3H3. The lowest BCUT2D eigenvalue weighted by atomic mass is 10.1. The summed E-state index contributed by atoms with van der Waals surface area (Å²) in [6.07, 6.45) is 8.26. The molecular weight excluding hydrogens is 362 g/mol. The van der Waals surface area contributed by atoms with Gasteiger partial charge < -0.3 is 0 Å². The van der Waals surface area contributed by atoms with Crippen molar-refractivity contribution in [3.05, 3.63) is 43.1 Å². The van der Waals surface area contributed by atoms with Crippen LogP contribution in [-0.4, -0.2) is 35.1 Å². The lowest BCUT2D eigenvalue weighted by Gasteiger charge is -2.15. The zero-order valence-corrected chi connectivity index (χ0v) is 16.3. The molecule has 1 saturated carbocycles. The van der Waals surface area contributed by atoms with Gasteiger partial charge in [0.2, 0.25) is 0 Å². The molecule has 7 nitrogen and oxygen atoms in total. The van der Waals surface area contributed by atoms with Gasteiger partial charge in [-0.25, -0.2) is 18.9 Å². The Bertz CT molecular complexity index is 1140. The van der Waals surface area contributed by atoms with Crippen molar-refractivity contribution in [3.8, 4) is 5.69 Å². The largest absolute Gasteiger partial charge is 0.271 e. The van der Waals surface area contributed by atoms with Gasteiger partial charge in [0.15, 0.2) is 0 Å². The topological polar surface area (TPSA) is 90.1 Å². The van der Waals surface area contributed by atoms with Gasteiger partial charge in [-0.15, -0.1) is 0 Å². The third-order valence-electron chi connectivity index (χ3n) is 5.00. The molecule has 0 bridgehead atoms. The van der Waals surface area contributed by atoms with E-state index in [1.165, 1.54) is 6.33 Å². The molecule has 0 spiro atoms. The second-order valence-corrected chi connectivity index (χ2v) is 10.2. The zero-order chi connectivity index (χ0) is 19.2. The van der Waals surface area contributed by atoms with Gasteiger partial charge in [-0.1, -0.05) is 6.92 Å². The first-order valence-electron chi connectivity index (χ1n) is 8.87. The number of hydrogen-bond donors (Lipinski definition) is 0. The first-order valence-corrected chi connectivity index (χ1v) is 10.4. The minimum Gasteiger partial charge on any atom is -0.271 e. The summed E-state index contributed by atoms with van der Waals surface area (Å²) in [5.74, 6) is -0.251. The van der Waals surface area contributed by atoms with Gasteiger partial charge in [0.25, 0.3) is 5.91 Å². The molecule has 27 heavy (non-hydrogen) atoms. The Hall–Kier alpha value is -2.61. The number of aromatic nitrogens is 4. The Morgan fingerprint density at radius 2 is 1.96 bits per heavy atom. The molecule has 1 atom stereocenters. The van der Waals surface area contributed by atoms with Crippen LogP contribution in [0.25, 0.3) is 16.6 Å². The molecule has 1 unspecified atom stereocenters. The number of nitrogens with zero attached hydrogens (tertiary/aromatic N) is 5. The molecule has 1 amide bonds. The normalized spacial score (nSPS) is 17.6. The number of carbonyl (C=O) groups is 1. The summed E-state index contributed by atoms with van der Waals surface area (Å²) in [6.45, 7) is 5.56. The van der Waals surface area contributed by atoms with E-state index < -0.39 is 15.1 Å². The van der Waals surface area contributed by atoms with Crippen molar-refractivity contribution in [2.24, 2.45) is 9.78 Å². The molecule has 3 aromatic rings. The molecule has 2 heterocycles. The summed E-state index contributed by atoms with van der Waals surface area (Å²) in [6, 6.07) is 5.39. The van der Waals surface area contributed by atoms with Crippen molar-refractivity contribution in [2.75, 3.05) is 0 Å². The van der Waals surface area contributed by atoms with E-state index in [0.29, 0.717) is 4.90 Å².